The first kappa shape index (κ1) is 9.24. The van der Waals surface area contributed by atoms with Gasteiger partial charge in [-0.05, 0) is 49.4 Å². The van der Waals surface area contributed by atoms with Crippen molar-refractivity contribution in [3.63, 3.8) is 0 Å². The molecule has 0 heterocycles. The highest BCUT2D eigenvalue weighted by atomic mass is 14.5. The molecule has 3 fully saturated rings. The summed E-state index contributed by atoms with van der Waals surface area (Å²) in [5.41, 5.74) is 0. The van der Waals surface area contributed by atoms with E-state index in [1.807, 2.05) is 0 Å². The third kappa shape index (κ3) is 1.42. The predicted octanol–water partition coefficient (Wildman–Crippen LogP) is 4.39. The first-order valence-corrected chi connectivity index (χ1v) is 6.97. The second kappa shape index (κ2) is 3.87. The van der Waals surface area contributed by atoms with E-state index in [9.17, 15) is 0 Å². The molecule has 0 heteroatoms. The number of rotatable bonds is 0. The van der Waals surface area contributed by atoms with E-state index in [1.54, 1.807) is 51.4 Å². The molecule has 0 radical (unpaired) electrons. The monoisotopic (exact) mass is 192 g/mol. The molecule has 4 unspecified atom stereocenters. The molecule has 0 saturated heterocycles. The van der Waals surface area contributed by atoms with Gasteiger partial charge in [0.05, 0.1) is 0 Å². The van der Waals surface area contributed by atoms with Crippen LogP contribution in [0.15, 0.2) is 0 Å². The summed E-state index contributed by atoms with van der Waals surface area (Å²) in [4.78, 5) is 0. The molecule has 4 atom stereocenters. The smallest absolute Gasteiger partial charge is 0.0352 e. The lowest BCUT2D eigenvalue weighted by Crippen LogP contribution is -2.48. The van der Waals surface area contributed by atoms with Gasteiger partial charge in [-0.3, -0.25) is 0 Å². The Labute approximate surface area is 88.5 Å². The number of hydrogen-bond donors (Lipinski definition) is 0. The molecule has 0 aromatic carbocycles. The van der Waals surface area contributed by atoms with Crippen molar-refractivity contribution >= 4 is 0 Å². The Morgan fingerprint density at radius 2 is 0.643 bits per heavy atom. The molecular formula is C14H24. The van der Waals surface area contributed by atoms with Gasteiger partial charge in [0.25, 0.3) is 0 Å². The minimum atomic E-state index is 1.18. The summed E-state index contributed by atoms with van der Waals surface area (Å²) in [6.45, 7) is 0. The summed E-state index contributed by atoms with van der Waals surface area (Å²) in [5, 5.41) is 0. The summed E-state index contributed by atoms with van der Waals surface area (Å²) in [6, 6.07) is 0. The van der Waals surface area contributed by atoms with E-state index < -0.39 is 0 Å². The Bertz CT molecular complexity index is 174. The van der Waals surface area contributed by atoms with Crippen LogP contribution in [-0.4, -0.2) is 0 Å². The first-order valence-electron chi connectivity index (χ1n) is 6.97. The van der Waals surface area contributed by atoms with Crippen LogP contribution in [0.3, 0.4) is 0 Å². The van der Waals surface area contributed by atoms with Crippen molar-refractivity contribution in [3.05, 3.63) is 0 Å². The minimum Gasteiger partial charge on any atom is -0.0533 e. The molecular weight excluding hydrogens is 168 g/mol. The van der Waals surface area contributed by atoms with E-state index in [4.69, 9.17) is 0 Å². The van der Waals surface area contributed by atoms with E-state index in [-0.39, 0.29) is 0 Å². The Morgan fingerprint density at radius 1 is 0.357 bits per heavy atom. The molecule has 0 spiro atoms. The van der Waals surface area contributed by atoms with Crippen LogP contribution < -0.4 is 0 Å². The van der Waals surface area contributed by atoms with E-state index in [0.29, 0.717) is 0 Å². The number of hydrogen-bond acceptors (Lipinski definition) is 0. The molecule has 3 aliphatic rings. The van der Waals surface area contributed by atoms with Crippen LogP contribution in [0.5, 0.6) is 0 Å². The SMILES string of the molecule is C1CCCC2C(CC1)C1CCCCC21. The lowest BCUT2D eigenvalue weighted by molar-refractivity contribution is -0.0672. The maximum Gasteiger partial charge on any atom is -0.0352 e. The lowest BCUT2D eigenvalue weighted by atomic mass is 9.49. The van der Waals surface area contributed by atoms with Gasteiger partial charge in [0.2, 0.25) is 0 Å². The van der Waals surface area contributed by atoms with Crippen LogP contribution in [-0.2, 0) is 0 Å². The quantitative estimate of drug-likeness (QED) is 0.534. The zero-order valence-electron chi connectivity index (χ0n) is 9.38. The van der Waals surface area contributed by atoms with Crippen molar-refractivity contribution in [1.82, 2.24) is 0 Å². The molecule has 0 bridgehead atoms. The van der Waals surface area contributed by atoms with Crippen LogP contribution in [0.2, 0.25) is 0 Å². The van der Waals surface area contributed by atoms with Crippen LogP contribution >= 0.6 is 0 Å². The van der Waals surface area contributed by atoms with Gasteiger partial charge in [-0.15, -0.1) is 0 Å². The molecule has 0 N–H and O–H groups in total. The van der Waals surface area contributed by atoms with Crippen LogP contribution in [0, 0.1) is 23.7 Å². The largest absolute Gasteiger partial charge is 0.0533 e. The molecule has 0 aromatic rings. The second-order valence-electron chi connectivity index (χ2n) is 5.93. The van der Waals surface area contributed by atoms with Crippen molar-refractivity contribution in [1.29, 1.82) is 0 Å². The lowest BCUT2D eigenvalue weighted by Gasteiger charge is -2.56. The zero-order chi connectivity index (χ0) is 9.38. The molecule has 3 rings (SSSR count). The van der Waals surface area contributed by atoms with Crippen LogP contribution in [0.4, 0.5) is 0 Å². The van der Waals surface area contributed by atoms with E-state index in [2.05, 4.69) is 0 Å². The first-order chi connectivity index (χ1) is 6.97. The van der Waals surface area contributed by atoms with Gasteiger partial charge in [0, 0.05) is 0 Å². The highest BCUT2D eigenvalue weighted by molar-refractivity contribution is 4.98. The highest BCUT2D eigenvalue weighted by Crippen LogP contribution is 2.57. The molecule has 80 valence electrons. The maximum absolute atomic E-state index is 1.59. The normalized spacial score (nSPS) is 48.0. The molecule has 3 aliphatic carbocycles. The summed E-state index contributed by atoms with van der Waals surface area (Å²) in [5.74, 6) is 4.74. The predicted molar refractivity (Wildman–Crippen MR) is 60.1 cm³/mol. The van der Waals surface area contributed by atoms with Gasteiger partial charge < -0.3 is 0 Å². The summed E-state index contributed by atoms with van der Waals surface area (Å²) in [6.07, 6.45) is 15.6. The van der Waals surface area contributed by atoms with Gasteiger partial charge >= 0.3 is 0 Å². The minimum absolute atomic E-state index is 1.18. The average Bonchev–Trinajstić information content (AvgIpc) is 2.17. The fraction of sp³-hybridized carbons (Fsp3) is 1.00. The van der Waals surface area contributed by atoms with Crippen molar-refractivity contribution < 1.29 is 0 Å². The van der Waals surface area contributed by atoms with Gasteiger partial charge in [0.15, 0.2) is 0 Å². The Balaban J connectivity index is 1.67. The molecule has 0 aliphatic heterocycles. The van der Waals surface area contributed by atoms with Gasteiger partial charge in [-0.1, -0.05) is 38.5 Å². The second-order valence-corrected chi connectivity index (χ2v) is 5.93. The summed E-state index contributed by atoms with van der Waals surface area (Å²) in [7, 11) is 0. The fourth-order valence-corrected chi connectivity index (χ4v) is 4.71. The van der Waals surface area contributed by atoms with Gasteiger partial charge in [-0.2, -0.15) is 0 Å². The molecule has 14 heavy (non-hydrogen) atoms. The van der Waals surface area contributed by atoms with Crippen LogP contribution in [0.1, 0.15) is 64.2 Å². The zero-order valence-corrected chi connectivity index (χ0v) is 9.38. The van der Waals surface area contributed by atoms with E-state index in [0.717, 1.165) is 0 Å². The summed E-state index contributed by atoms with van der Waals surface area (Å²) >= 11 is 0. The summed E-state index contributed by atoms with van der Waals surface area (Å²) < 4.78 is 0. The van der Waals surface area contributed by atoms with Gasteiger partial charge in [0.1, 0.15) is 0 Å². The van der Waals surface area contributed by atoms with Crippen molar-refractivity contribution in [2.75, 3.05) is 0 Å². The number of fused-ring (bicyclic) bond motifs is 4. The van der Waals surface area contributed by atoms with Crippen molar-refractivity contribution in [2.24, 2.45) is 23.7 Å². The van der Waals surface area contributed by atoms with Crippen LogP contribution in [0.25, 0.3) is 0 Å². The highest BCUT2D eigenvalue weighted by Gasteiger charge is 2.49. The average molecular weight is 192 g/mol. The van der Waals surface area contributed by atoms with E-state index in [1.165, 1.54) is 36.5 Å². The topological polar surface area (TPSA) is 0 Å². The van der Waals surface area contributed by atoms with Crippen molar-refractivity contribution in [3.8, 4) is 0 Å². The maximum atomic E-state index is 1.59. The molecule has 0 nitrogen and oxygen atoms in total. The standard InChI is InChI=1S/C14H24/c1-2-4-8-12-11(7-3-1)13-9-5-6-10-14(12)13/h11-14H,1-10H2. The molecule has 0 aromatic heterocycles. The van der Waals surface area contributed by atoms with E-state index >= 15 is 0 Å². The molecule has 0 amide bonds. The Hall–Kier alpha value is 0. The van der Waals surface area contributed by atoms with Crippen molar-refractivity contribution in [2.45, 2.75) is 64.2 Å². The third-order valence-electron chi connectivity index (χ3n) is 5.35. The fourth-order valence-electron chi connectivity index (χ4n) is 4.71. The molecule has 3 saturated carbocycles. The Kier molecular flexibility index (Phi) is 2.55. The van der Waals surface area contributed by atoms with Gasteiger partial charge in [-0.25, -0.2) is 0 Å². The Morgan fingerprint density at radius 3 is 1.00 bits per heavy atom. The third-order valence-corrected chi connectivity index (χ3v) is 5.35.